The van der Waals surface area contributed by atoms with Crippen LogP contribution >= 0.6 is 34.7 Å². The molecule has 0 fully saturated rings. The number of carbonyl (C=O) groups excluding carboxylic acids is 2. The fourth-order valence-electron chi connectivity index (χ4n) is 2.29. The Labute approximate surface area is 173 Å². The van der Waals surface area contributed by atoms with Crippen LogP contribution in [0.25, 0.3) is 0 Å². The molecule has 0 aliphatic carbocycles. The smallest absolute Gasteiger partial charge is 0.251 e. The van der Waals surface area contributed by atoms with Crippen molar-refractivity contribution in [2.75, 3.05) is 11.1 Å². The number of benzene rings is 1. The highest BCUT2D eigenvalue weighted by Gasteiger charge is 2.19. The van der Waals surface area contributed by atoms with Crippen molar-refractivity contribution in [2.45, 2.75) is 18.1 Å². The number of carbonyl (C=O) groups is 2. The Bertz CT molecular complexity index is 960. The largest absolute Gasteiger partial charge is 0.342 e. The van der Waals surface area contributed by atoms with Crippen LogP contribution in [0.3, 0.4) is 0 Å². The first-order valence-corrected chi connectivity index (χ1v) is 10.3. The van der Waals surface area contributed by atoms with Crippen LogP contribution < -0.4 is 10.6 Å². The summed E-state index contributed by atoms with van der Waals surface area (Å²) in [4.78, 5) is 24.3. The Kier molecular flexibility index (Phi) is 6.60. The van der Waals surface area contributed by atoms with Crippen LogP contribution in [0.1, 0.15) is 29.1 Å². The Morgan fingerprint density at radius 1 is 1.25 bits per heavy atom. The van der Waals surface area contributed by atoms with Crippen molar-refractivity contribution in [1.29, 1.82) is 0 Å². The molecule has 2 heterocycles. The highest BCUT2D eigenvalue weighted by molar-refractivity contribution is 7.99. The van der Waals surface area contributed by atoms with E-state index in [-0.39, 0.29) is 23.6 Å². The zero-order valence-corrected chi connectivity index (χ0v) is 17.3. The summed E-state index contributed by atoms with van der Waals surface area (Å²) >= 11 is 8.33. The van der Waals surface area contributed by atoms with Gasteiger partial charge < -0.3 is 9.88 Å². The van der Waals surface area contributed by atoms with Crippen LogP contribution in [0.2, 0.25) is 5.02 Å². The summed E-state index contributed by atoms with van der Waals surface area (Å²) in [7, 11) is 1.78. The lowest BCUT2D eigenvalue weighted by atomic mass is 10.2. The van der Waals surface area contributed by atoms with E-state index in [1.54, 1.807) is 35.9 Å². The van der Waals surface area contributed by atoms with Crippen LogP contribution in [0.15, 0.2) is 34.9 Å². The Morgan fingerprint density at radius 3 is 2.68 bits per heavy atom. The number of hydrogen-bond acceptors (Lipinski definition) is 8. The van der Waals surface area contributed by atoms with Gasteiger partial charge in [-0.2, -0.15) is 0 Å². The van der Waals surface area contributed by atoms with Gasteiger partial charge in [0.15, 0.2) is 11.0 Å². The van der Waals surface area contributed by atoms with E-state index >= 15 is 0 Å². The lowest BCUT2D eigenvalue weighted by molar-refractivity contribution is -0.113. The summed E-state index contributed by atoms with van der Waals surface area (Å²) in [6, 6.07) is 6.25. The van der Waals surface area contributed by atoms with Gasteiger partial charge in [0.25, 0.3) is 5.91 Å². The standard InChI is InChI=1S/C16H16ClN7O2S2/c1-9(19-14(26)10-3-5-11(17)6-4-10)13-21-23-16(24(13)2)27-7-12(25)20-15-22-18-8-28-15/h3-6,8-9H,7H2,1-2H3,(H,19,26)(H,20,22,25)/t9-/m1/s1. The number of nitrogens with zero attached hydrogens (tertiary/aromatic N) is 5. The summed E-state index contributed by atoms with van der Waals surface area (Å²) in [6.45, 7) is 1.81. The quantitative estimate of drug-likeness (QED) is 0.546. The minimum Gasteiger partial charge on any atom is -0.342 e. The lowest BCUT2D eigenvalue weighted by Gasteiger charge is -2.13. The number of nitrogens with one attached hydrogen (secondary N) is 2. The molecule has 1 atom stereocenters. The first kappa shape index (κ1) is 20.2. The first-order valence-electron chi connectivity index (χ1n) is 8.08. The topological polar surface area (TPSA) is 115 Å². The van der Waals surface area contributed by atoms with Crippen molar-refractivity contribution in [2.24, 2.45) is 7.05 Å². The van der Waals surface area contributed by atoms with Crippen molar-refractivity contribution < 1.29 is 9.59 Å². The van der Waals surface area contributed by atoms with Gasteiger partial charge in [-0.15, -0.1) is 20.4 Å². The zero-order valence-electron chi connectivity index (χ0n) is 14.9. The number of hydrogen-bond donors (Lipinski definition) is 2. The maximum Gasteiger partial charge on any atom is 0.251 e. The van der Waals surface area contributed by atoms with Gasteiger partial charge in [0, 0.05) is 17.6 Å². The fourth-order valence-corrected chi connectivity index (χ4v) is 3.59. The molecule has 3 rings (SSSR count). The molecular weight excluding hydrogens is 422 g/mol. The molecule has 3 aromatic rings. The van der Waals surface area contributed by atoms with Crippen LogP contribution in [0.5, 0.6) is 0 Å². The van der Waals surface area contributed by atoms with Crippen LogP contribution in [-0.2, 0) is 11.8 Å². The van der Waals surface area contributed by atoms with E-state index in [2.05, 4.69) is 31.0 Å². The van der Waals surface area contributed by atoms with Gasteiger partial charge in [0.2, 0.25) is 11.0 Å². The van der Waals surface area contributed by atoms with Crippen LogP contribution in [-0.4, -0.2) is 42.5 Å². The van der Waals surface area contributed by atoms with Crippen molar-refractivity contribution >= 4 is 51.6 Å². The molecule has 0 bridgehead atoms. The van der Waals surface area contributed by atoms with Crippen molar-refractivity contribution in [3.8, 4) is 0 Å². The van der Waals surface area contributed by atoms with E-state index in [9.17, 15) is 9.59 Å². The average Bonchev–Trinajstić information content (AvgIpc) is 3.30. The maximum atomic E-state index is 12.3. The molecule has 0 spiro atoms. The number of aromatic nitrogens is 5. The molecule has 2 aromatic heterocycles. The molecule has 1 aromatic carbocycles. The molecule has 0 saturated carbocycles. The second-order valence-corrected chi connectivity index (χ2v) is 7.89. The molecule has 28 heavy (non-hydrogen) atoms. The monoisotopic (exact) mass is 437 g/mol. The number of halogens is 1. The van der Waals surface area contributed by atoms with Gasteiger partial charge in [-0.3, -0.25) is 14.9 Å². The van der Waals surface area contributed by atoms with Gasteiger partial charge in [0.05, 0.1) is 11.8 Å². The van der Waals surface area contributed by atoms with Crippen LogP contribution in [0.4, 0.5) is 5.13 Å². The highest BCUT2D eigenvalue weighted by atomic mass is 35.5. The molecule has 9 nitrogen and oxygen atoms in total. The third kappa shape index (κ3) is 5.06. The van der Waals surface area contributed by atoms with Crippen molar-refractivity contribution in [1.82, 2.24) is 30.3 Å². The molecule has 0 unspecified atom stereocenters. The second kappa shape index (κ2) is 9.13. The van der Waals surface area contributed by atoms with Gasteiger partial charge in [-0.1, -0.05) is 34.7 Å². The summed E-state index contributed by atoms with van der Waals surface area (Å²) in [5, 5.41) is 22.8. The fraction of sp³-hybridized carbons (Fsp3) is 0.250. The number of thioether (sulfide) groups is 1. The van der Waals surface area contributed by atoms with Crippen LogP contribution in [0, 0.1) is 0 Å². The summed E-state index contributed by atoms with van der Waals surface area (Å²) in [6.07, 6.45) is 0. The van der Waals surface area contributed by atoms with E-state index < -0.39 is 0 Å². The molecule has 2 amide bonds. The molecular formula is C16H16ClN7O2S2. The van der Waals surface area contributed by atoms with Crippen molar-refractivity contribution in [3.63, 3.8) is 0 Å². The molecule has 0 aliphatic heterocycles. The SMILES string of the molecule is C[C@@H](NC(=O)c1ccc(Cl)cc1)c1nnc(SCC(=O)Nc2nncs2)n1C. The normalized spacial score (nSPS) is 11.8. The molecule has 12 heteroatoms. The third-order valence-corrected chi connectivity index (χ3v) is 5.53. The average molecular weight is 438 g/mol. The Hall–Kier alpha value is -2.50. The third-order valence-electron chi connectivity index (χ3n) is 3.65. The van der Waals surface area contributed by atoms with E-state index in [0.29, 0.717) is 26.7 Å². The van der Waals surface area contributed by atoms with E-state index in [1.165, 1.54) is 28.6 Å². The number of amides is 2. The molecule has 146 valence electrons. The minimum absolute atomic E-state index is 0.150. The summed E-state index contributed by atoms with van der Waals surface area (Å²) < 4.78 is 1.75. The molecule has 0 saturated heterocycles. The molecule has 0 radical (unpaired) electrons. The zero-order chi connectivity index (χ0) is 20.1. The minimum atomic E-state index is -0.370. The lowest BCUT2D eigenvalue weighted by Crippen LogP contribution is -2.28. The van der Waals surface area contributed by atoms with E-state index in [0.717, 1.165) is 0 Å². The van der Waals surface area contributed by atoms with Crippen molar-refractivity contribution in [3.05, 3.63) is 46.2 Å². The summed E-state index contributed by atoms with van der Waals surface area (Å²) in [5.41, 5.74) is 2.04. The van der Waals surface area contributed by atoms with E-state index in [1.807, 2.05) is 6.92 Å². The number of anilines is 1. The predicted molar refractivity (Wildman–Crippen MR) is 108 cm³/mol. The second-order valence-electron chi connectivity index (χ2n) is 5.68. The maximum absolute atomic E-state index is 12.3. The Morgan fingerprint density at radius 2 is 2.00 bits per heavy atom. The molecule has 2 N–H and O–H groups in total. The van der Waals surface area contributed by atoms with Gasteiger partial charge in [0.1, 0.15) is 5.51 Å². The summed E-state index contributed by atoms with van der Waals surface area (Å²) in [5.74, 6) is 0.277. The van der Waals surface area contributed by atoms with Gasteiger partial charge in [-0.05, 0) is 31.2 Å². The predicted octanol–water partition coefficient (Wildman–Crippen LogP) is 2.54. The first-order chi connectivity index (χ1) is 13.4. The van der Waals surface area contributed by atoms with E-state index in [4.69, 9.17) is 11.6 Å². The van der Waals surface area contributed by atoms with Gasteiger partial charge >= 0.3 is 0 Å². The van der Waals surface area contributed by atoms with Gasteiger partial charge in [-0.25, -0.2) is 0 Å². The number of rotatable bonds is 7. The Balaban J connectivity index is 1.57. The highest BCUT2D eigenvalue weighted by Crippen LogP contribution is 2.20. The molecule has 0 aliphatic rings.